The molecule has 19 heavy (non-hydrogen) atoms. The molecular weight excluding hydrogens is 244 g/mol. The fourth-order valence-corrected chi connectivity index (χ4v) is 1.52. The van der Waals surface area contributed by atoms with Crippen LogP contribution in [0.2, 0.25) is 0 Å². The summed E-state index contributed by atoms with van der Waals surface area (Å²) in [6.45, 7) is 11.4. The second kappa shape index (κ2) is 5.11. The largest absolute Gasteiger partial charge is 0.488 e. The first-order chi connectivity index (χ1) is 8.46. The van der Waals surface area contributed by atoms with Crippen molar-refractivity contribution < 1.29 is 19.4 Å². The number of hydrogen-bond donors (Lipinski definition) is 1. The van der Waals surface area contributed by atoms with Crippen molar-refractivity contribution in [3.63, 3.8) is 0 Å². The maximum atomic E-state index is 11.1. The molecule has 0 aliphatic rings. The van der Waals surface area contributed by atoms with Crippen molar-refractivity contribution in [1.82, 2.24) is 0 Å². The number of rotatable bonds is 3. The normalized spacial score (nSPS) is 12.1. The molecule has 0 aliphatic carbocycles. The highest BCUT2D eigenvalue weighted by Crippen LogP contribution is 2.28. The van der Waals surface area contributed by atoms with Crippen LogP contribution in [-0.2, 0) is 0 Å². The molecule has 106 valence electrons. The van der Waals surface area contributed by atoms with Crippen molar-refractivity contribution >= 4 is 5.97 Å². The number of ether oxygens (including phenoxy) is 2. The number of carboxylic acid groups (broad SMARTS) is 1. The quantitative estimate of drug-likeness (QED) is 0.905. The van der Waals surface area contributed by atoms with Gasteiger partial charge in [0.05, 0.1) is 5.56 Å². The summed E-state index contributed by atoms with van der Waals surface area (Å²) in [7, 11) is 0. The number of carboxylic acids is 1. The van der Waals surface area contributed by atoms with Gasteiger partial charge in [-0.05, 0) is 53.7 Å². The van der Waals surface area contributed by atoms with E-state index in [0.717, 1.165) is 0 Å². The highest BCUT2D eigenvalue weighted by molar-refractivity contribution is 5.88. The molecule has 0 aromatic heterocycles. The molecule has 0 heterocycles. The van der Waals surface area contributed by atoms with Crippen LogP contribution in [0, 0.1) is 0 Å². The maximum absolute atomic E-state index is 11.1. The zero-order valence-electron chi connectivity index (χ0n) is 12.4. The van der Waals surface area contributed by atoms with Crippen LogP contribution in [0.5, 0.6) is 11.5 Å². The average Bonchev–Trinajstić information content (AvgIpc) is 2.10. The van der Waals surface area contributed by atoms with Gasteiger partial charge in [0.15, 0.2) is 0 Å². The molecule has 0 unspecified atom stereocenters. The van der Waals surface area contributed by atoms with Crippen molar-refractivity contribution in [2.75, 3.05) is 0 Å². The Morgan fingerprint density at radius 3 is 1.53 bits per heavy atom. The molecule has 0 saturated heterocycles. The third-order valence-electron chi connectivity index (χ3n) is 1.98. The molecule has 1 aromatic rings. The number of benzene rings is 1. The lowest BCUT2D eigenvalue weighted by Crippen LogP contribution is -2.24. The van der Waals surface area contributed by atoms with E-state index in [1.165, 1.54) is 12.1 Å². The maximum Gasteiger partial charge on any atom is 0.335 e. The molecule has 1 N–H and O–H groups in total. The van der Waals surface area contributed by atoms with E-state index in [1.54, 1.807) is 6.07 Å². The highest BCUT2D eigenvalue weighted by atomic mass is 16.5. The molecule has 0 atom stereocenters. The first-order valence-electron chi connectivity index (χ1n) is 6.23. The highest BCUT2D eigenvalue weighted by Gasteiger charge is 2.18. The minimum absolute atomic E-state index is 0.154. The monoisotopic (exact) mass is 266 g/mol. The summed E-state index contributed by atoms with van der Waals surface area (Å²) in [5.74, 6) is -0.0172. The zero-order chi connectivity index (χ0) is 14.8. The lowest BCUT2D eigenvalue weighted by atomic mass is 10.1. The van der Waals surface area contributed by atoms with Gasteiger partial charge in [0.1, 0.15) is 22.7 Å². The SMILES string of the molecule is CC(C)(C)Oc1cc(OC(C)(C)C)cc(C(=O)O)c1. The zero-order valence-corrected chi connectivity index (χ0v) is 12.4. The van der Waals surface area contributed by atoms with E-state index in [1.807, 2.05) is 41.5 Å². The Kier molecular flexibility index (Phi) is 4.13. The van der Waals surface area contributed by atoms with E-state index in [9.17, 15) is 4.79 Å². The van der Waals surface area contributed by atoms with Gasteiger partial charge in [-0.15, -0.1) is 0 Å². The summed E-state index contributed by atoms with van der Waals surface area (Å²) in [5, 5.41) is 9.12. The van der Waals surface area contributed by atoms with Gasteiger partial charge in [-0.25, -0.2) is 4.79 Å². The molecule has 0 spiro atoms. The summed E-state index contributed by atoms with van der Waals surface area (Å²) in [6, 6.07) is 4.72. The topological polar surface area (TPSA) is 55.8 Å². The first kappa shape index (κ1) is 15.3. The van der Waals surface area contributed by atoms with Crippen LogP contribution >= 0.6 is 0 Å². The van der Waals surface area contributed by atoms with Gasteiger partial charge in [0, 0.05) is 6.07 Å². The smallest absolute Gasteiger partial charge is 0.335 e. The molecule has 0 bridgehead atoms. The summed E-state index contributed by atoms with van der Waals surface area (Å²) < 4.78 is 11.4. The average molecular weight is 266 g/mol. The van der Waals surface area contributed by atoms with Crippen LogP contribution < -0.4 is 9.47 Å². The summed E-state index contributed by atoms with van der Waals surface area (Å²) in [5.41, 5.74) is -0.632. The minimum atomic E-state index is -1.00. The third-order valence-corrected chi connectivity index (χ3v) is 1.98. The summed E-state index contributed by atoms with van der Waals surface area (Å²) in [4.78, 5) is 11.1. The predicted octanol–water partition coefficient (Wildman–Crippen LogP) is 3.74. The summed E-state index contributed by atoms with van der Waals surface area (Å²) in [6.07, 6.45) is 0. The van der Waals surface area contributed by atoms with E-state index in [4.69, 9.17) is 14.6 Å². The fourth-order valence-electron chi connectivity index (χ4n) is 1.52. The lowest BCUT2D eigenvalue weighted by molar-refractivity contribution is 0.0691. The van der Waals surface area contributed by atoms with E-state index >= 15 is 0 Å². The Morgan fingerprint density at radius 2 is 1.26 bits per heavy atom. The molecule has 4 heteroatoms. The van der Waals surface area contributed by atoms with Crippen molar-refractivity contribution in [1.29, 1.82) is 0 Å². The van der Waals surface area contributed by atoms with Gasteiger partial charge in [0.2, 0.25) is 0 Å². The third kappa shape index (κ3) is 5.64. The van der Waals surface area contributed by atoms with Crippen LogP contribution in [0.1, 0.15) is 51.9 Å². The van der Waals surface area contributed by atoms with Gasteiger partial charge in [-0.1, -0.05) is 0 Å². The van der Waals surface area contributed by atoms with Crippen molar-refractivity contribution in [2.24, 2.45) is 0 Å². The molecule has 1 rings (SSSR count). The predicted molar refractivity (Wildman–Crippen MR) is 74.2 cm³/mol. The minimum Gasteiger partial charge on any atom is -0.488 e. The summed E-state index contributed by atoms with van der Waals surface area (Å²) >= 11 is 0. The fraction of sp³-hybridized carbons (Fsp3) is 0.533. The Balaban J connectivity index is 3.14. The van der Waals surface area contributed by atoms with E-state index in [-0.39, 0.29) is 5.56 Å². The van der Waals surface area contributed by atoms with Gasteiger partial charge >= 0.3 is 5.97 Å². The molecule has 0 amide bonds. The van der Waals surface area contributed by atoms with Crippen molar-refractivity contribution in [2.45, 2.75) is 52.7 Å². The van der Waals surface area contributed by atoms with Crippen LogP contribution in [0.15, 0.2) is 18.2 Å². The van der Waals surface area contributed by atoms with Gasteiger partial charge in [-0.2, -0.15) is 0 Å². The lowest BCUT2D eigenvalue weighted by Gasteiger charge is -2.24. The second-order valence-electron chi connectivity index (χ2n) is 6.43. The van der Waals surface area contributed by atoms with Gasteiger partial charge in [0.25, 0.3) is 0 Å². The van der Waals surface area contributed by atoms with Crippen LogP contribution in [0.3, 0.4) is 0 Å². The molecule has 0 radical (unpaired) electrons. The second-order valence-corrected chi connectivity index (χ2v) is 6.43. The van der Waals surface area contributed by atoms with E-state index < -0.39 is 17.2 Å². The van der Waals surface area contributed by atoms with Crippen LogP contribution in [0.4, 0.5) is 0 Å². The Labute approximate surface area is 114 Å². The molecule has 0 aliphatic heterocycles. The number of aromatic carboxylic acids is 1. The van der Waals surface area contributed by atoms with Gasteiger partial charge in [-0.3, -0.25) is 0 Å². The first-order valence-corrected chi connectivity index (χ1v) is 6.23. The van der Waals surface area contributed by atoms with Crippen molar-refractivity contribution in [3.05, 3.63) is 23.8 Å². The molecule has 4 nitrogen and oxygen atoms in total. The Bertz CT molecular complexity index is 430. The number of carbonyl (C=O) groups is 1. The van der Waals surface area contributed by atoms with Crippen LogP contribution in [-0.4, -0.2) is 22.3 Å². The molecule has 1 aromatic carbocycles. The number of hydrogen-bond acceptors (Lipinski definition) is 3. The van der Waals surface area contributed by atoms with E-state index in [2.05, 4.69) is 0 Å². The standard InChI is InChI=1S/C15H22O4/c1-14(2,3)18-11-7-10(13(16)17)8-12(9-11)19-15(4,5)6/h7-9H,1-6H3,(H,16,17). The van der Waals surface area contributed by atoms with Crippen molar-refractivity contribution in [3.8, 4) is 11.5 Å². The van der Waals surface area contributed by atoms with E-state index in [0.29, 0.717) is 11.5 Å². The molecule has 0 saturated carbocycles. The Morgan fingerprint density at radius 1 is 0.895 bits per heavy atom. The van der Waals surface area contributed by atoms with Crippen LogP contribution in [0.25, 0.3) is 0 Å². The molecular formula is C15H22O4. The molecule has 0 fully saturated rings. The van der Waals surface area contributed by atoms with Gasteiger partial charge < -0.3 is 14.6 Å². The Hall–Kier alpha value is -1.71.